The maximum absolute atomic E-state index is 11.1. The lowest BCUT2D eigenvalue weighted by Gasteiger charge is -2.12. The van der Waals surface area contributed by atoms with Crippen molar-refractivity contribution < 1.29 is 37.0 Å². The molecule has 0 atom stereocenters. The van der Waals surface area contributed by atoms with Gasteiger partial charge in [0.15, 0.2) is 0 Å². The first-order chi connectivity index (χ1) is 10.2. The molecule has 0 aliphatic rings. The lowest BCUT2D eigenvalue weighted by atomic mass is 10.4. The highest BCUT2D eigenvalue weighted by molar-refractivity contribution is 7.82. The number of hydrogen-bond donors (Lipinski definition) is 2. The normalized spacial score (nSPS) is 10.9. The van der Waals surface area contributed by atoms with Gasteiger partial charge in [-0.3, -0.25) is 0 Å². The van der Waals surface area contributed by atoms with Crippen molar-refractivity contribution in [1.29, 1.82) is 0 Å². The van der Waals surface area contributed by atoms with E-state index >= 15 is 0 Å². The Morgan fingerprint density at radius 2 is 1.32 bits per heavy atom. The Morgan fingerprint density at radius 1 is 0.955 bits per heavy atom. The molecular formula is C12H20O8PS+. The van der Waals surface area contributed by atoms with Crippen molar-refractivity contribution >= 4 is 33.0 Å². The Bertz CT molecular complexity index is 391. The summed E-state index contributed by atoms with van der Waals surface area (Å²) in [5.41, 5.74) is 0.483. The fraction of sp³-hybridized carbons (Fsp3) is 0.500. The molecule has 0 aliphatic carbocycles. The van der Waals surface area contributed by atoms with Crippen LogP contribution in [0.25, 0.3) is 0 Å². The van der Waals surface area contributed by atoms with Crippen LogP contribution in [0, 0.1) is 0 Å². The molecular weight excluding hydrogens is 335 g/mol. The summed E-state index contributed by atoms with van der Waals surface area (Å²) in [6.07, 6.45) is 0. The molecule has 0 heterocycles. The number of ether oxygens (including phenoxy) is 2. The highest BCUT2D eigenvalue weighted by Gasteiger charge is 2.44. The highest BCUT2D eigenvalue weighted by atomic mass is 32.1. The fourth-order valence-electron chi connectivity index (χ4n) is 0.905. The summed E-state index contributed by atoms with van der Waals surface area (Å²) in [5.74, 6) is -1.16. The lowest BCUT2D eigenvalue weighted by molar-refractivity contribution is -0.140. The van der Waals surface area contributed by atoms with Gasteiger partial charge in [-0.1, -0.05) is 17.1 Å². The van der Waals surface area contributed by atoms with Crippen molar-refractivity contribution in [2.45, 2.75) is 13.8 Å². The topological polar surface area (TPSA) is 101 Å². The third-order valence-corrected chi connectivity index (χ3v) is 3.79. The zero-order valence-corrected chi connectivity index (χ0v) is 14.2. The van der Waals surface area contributed by atoms with Gasteiger partial charge in [-0.25, -0.2) is 9.59 Å². The summed E-state index contributed by atoms with van der Waals surface area (Å²) in [5, 5.41) is 0. The van der Waals surface area contributed by atoms with Crippen molar-refractivity contribution in [3.63, 3.8) is 0 Å². The van der Waals surface area contributed by atoms with E-state index in [2.05, 4.69) is 30.0 Å². The monoisotopic (exact) mass is 355 g/mol. The van der Waals surface area contributed by atoms with Gasteiger partial charge in [-0.05, 0) is 13.8 Å². The van der Waals surface area contributed by atoms with Crippen molar-refractivity contribution in [3.8, 4) is 0 Å². The smallest absolute Gasteiger partial charge is 0.460 e. The second kappa shape index (κ2) is 10.7. The highest BCUT2D eigenvalue weighted by Crippen LogP contribution is 2.58. The number of rotatable bonds is 11. The first kappa shape index (κ1) is 21.0. The average Bonchev–Trinajstić information content (AvgIpc) is 2.47. The molecule has 0 bridgehead atoms. The molecule has 0 radical (unpaired) electrons. The summed E-state index contributed by atoms with van der Waals surface area (Å²) in [4.78, 5) is 32.0. The second-order valence-electron chi connectivity index (χ2n) is 4.05. The summed E-state index contributed by atoms with van der Waals surface area (Å²) in [6, 6.07) is 0. The second-order valence-corrected chi connectivity index (χ2v) is 6.16. The van der Waals surface area contributed by atoms with Gasteiger partial charge >= 0.3 is 20.1 Å². The minimum Gasteiger partial charge on any atom is -0.460 e. The van der Waals surface area contributed by atoms with Crippen LogP contribution in [0.4, 0.5) is 0 Å². The molecule has 0 spiro atoms. The Labute approximate surface area is 135 Å². The summed E-state index contributed by atoms with van der Waals surface area (Å²) < 4.78 is 23.8. The molecule has 0 saturated carbocycles. The van der Waals surface area contributed by atoms with Crippen LogP contribution in [0.1, 0.15) is 13.8 Å². The number of esters is 2. The molecule has 0 aliphatic heterocycles. The third-order valence-electron chi connectivity index (χ3n) is 1.94. The van der Waals surface area contributed by atoms with Crippen molar-refractivity contribution in [2.24, 2.45) is 0 Å². The van der Waals surface area contributed by atoms with Crippen LogP contribution in [-0.2, 0) is 32.1 Å². The zero-order valence-electron chi connectivity index (χ0n) is 12.4. The first-order valence-corrected chi connectivity index (χ1v) is 7.97. The van der Waals surface area contributed by atoms with Crippen LogP contribution in [-0.4, -0.2) is 43.3 Å². The van der Waals surface area contributed by atoms with E-state index < -0.39 is 20.1 Å². The Morgan fingerprint density at radius 3 is 1.59 bits per heavy atom. The van der Waals surface area contributed by atoms with Gasteiger partial charge in [0.25, 0.3) is 0 Å². The molecule has 8 nitrogen and oxygen atoms in total. The van der Waals surface area contributed by atoms with Crippen molar-refractivity contribution in [1.82, 2.24) is 0 Å². The largest absolute Gasteiger partial charge is 0.584 e. The Kier molecular flexibility index (Phi) is 10.2. The quantitative estimate of drug-likeness (QED) is 0.144. The molecule has 0 aromatic rings. The van der Waals surface area contributed by atoms with Crippen LogP contribution >= 0.6 is 21.1 Å². The standard InChI is InChI=1S/C12H19O8PS/c1-9(2)11(13)16-5-7-18-21(15,20-22)19-8-6-17-12(14)10(3)4/h15H,1,3,5-8H2,2,4H3/p+1. The van der Waals surface area contributed by atoms with E-state index in [0.717, 1.165) is 0 Å². The number of carbonyl (C=O) groups excluding carboxylic acids is 2. The molecule has 22 heavy (non-hydrogen) atoms. The van der Waals surface area contributed by atoms with Gasteiger partial charge in [-0.2, -0.15) is 4.89 Å². The molecule has 1 N–H and O–H groups in total. The van der Waals surface area contributed by atoms with Crippen LogP contribution < -0.4 is 0 Å². The molecule has 0 aromatic carbocycles. The van der Waals surface area contributed by atoms with Gasteiger partial charge in [0.1, 0.15) is 26.4 Å². The average molecular weight is 355 g/mol. The van der Waals surface area contributed by atoms with Gasteiger partial charge in [0, 0.05) is 24.1 Å². The Hall–Kier alpha value is -0.960. The lowest BCUT2D eigenvalue weighted by Crippen LogP contribution is -2.15. The van der Waals surface area contributed by atoms with E-state index in [1.54, 1.807) is 0 Å². The van der Waals surface area contributed by atoms with Gasteiger partial charge in [0.05, 0.1) is 0 Å². The molecule has 0 rings (SSSR count). The van der Waals surface area contributed by atoms with E-state index in [4.69, 9.17) is 18.5 Å². The third kappa shape index (κ3) is 9.14. The molecule has 0 saturated heterocycles. The summed E-state index contributed by atoms with van der Waals surface area (Å²) >= 11 is 3.46. The van der Waals surface area contributed by atoms with Gasteiger partial charge in [-0.15, -0.1) is 9.05 Å². The van der Waals surface area contributed by atoms with E-state index in [-0.39, 0.29) is 37.6 Å². The molecule has 10 heteroatoms. The number of hydrogen-bond acceptors (Lipinski definition) is 9. The van der Waals surface area contributed by atoms with Crippen LogP contribution in [0.15, 0.2) is 24.3 Å². The van der Waals surface area contributed by atoms with Gasteiger partial charge < -0.3 is 9.47 Å². The van der Waals surface area contributed by atoms with Gasteiger partial charge in [0.2, 0.25) is 0 Å². The molecule has 126 valence electrons. The maximum Gasteiger partial charge on any atom is 0.584 e. The van der Waals surface area contributed by atoms with Crippen molar-refractivity contribution in [3.05, 3.63) is 24.3 Å². The van der Waals surface area contributed by atoms with Crippen LogP contribution in [0.5, 0.6) is 0 Å². The van der Waals surface area contributed by atoms with E-state index in [9.17, 15) is 14.5 Å². The number of thiol groups is 1. The minimum atomic E-state index is -3.68. The molecule has 0 aromatic heterocycles. The van der Waals surface area contributed by atoms with E-state index in [0.29, 0.717) is 0 Å². The maximum atomic E-state index is 11.1. The summed E-state index contributed by atoms with van der Waals surface area (Å²) in [7, 11) is -3.68. The summed E-state index contributed by atoms with van der Waals surface area (Å²) in [6.45, 7) is 9.22. The molecule has 0 unspecified atom stereocenters. The molecule has 0 fully saturated rings. The number of carbonyl (C=O) groups is 2. The zero-order chi connectivity index (χ0) is 17.2. The minimum absolute atomic E-state index is 0.126. The molecule has 0 amide bonds. The Balaban J connectivity index is 3.98. The predicted molar refractivity (Wildman–Crippen MR) is 82.7 cm³/mol. The predicted octanol–water partition coefficient (Wildman–Crippen LogP) is 1.79. The SMILES string of the molecule is C=C(C)C(=O)OCCO[P+](O)(OS)OCCOC(=O)C(=C)C. The van der Waals surface area contributed by atoms with Crippen LogP contribution in [0.3, 0.4) is 0 Å². The van der Waals surface area contributed by atoms with Crippen LogP contribution in [0.2, 0.25) is 0 Å². The van der Waals surface area contributed by atoms with E-state index in [1.165, 1.54) is 13.8 Å². The fourth-order valence-corrected chi connectivity index (χ4v) is 1.97. The first-order valence-electron chi connectivity index (χ1n) is 6.11. The van der Waals surface area contributed by atoms with E-state index in [1.807, 2.05) is 0 Å². The van der Waals surface area contributed by atoms with Crippen molar-refractivity contribution in [2.75, 3.05) is 26.4 Å².